The first-order valence-corrected chi connectivity index (χ1v) is 8.27. The molecule has 1 aromatic heterocycles. The summed E-state index contributed by atoms with van der Waals surface area (Å²) in [6, 6.07) is -0.108. The number of rotatable bonds is 3. The van der Waals surface area contributed by atoms with Gasteiger partial charge in [-0.05, 0) is 19.3 Å². The zero-order valence-corrected chi connectivity index (χ0v) is 12.2. The summed E-state index contributed by atoms with van der Waals surface area (Å²) in [7, 11) is -1.81. The zero-order valence-electron chi connectivity index (χ0n) is 11.4. The van der Waals surface area contributed by atoms with Crippen LogP contribution in [0, 0.1) is 0 Å². The number of aromatic nitrogens is 2. The minimum Gasteiger partial charge on any atom is -0.373 e. The number of fused-ring (bicyclic) bond motifs is 1. The second kappa shape index (κ2) is 5.44. The van der Waals surface area contributed by atoms with E-state index < -0.39 is 10.0 Å². The summed E-state index contributed by atoms with van der Waals surface area (Å²) in [5.41, 5.74) is 0. The van der Waals surface area contributed by atoms with E-state index in [1.165, 1.54) is 17.1 Å². The molecule has 2 fully saturated rings. The molecule has 3 rings (SSSR count). The van der Waals surface area contributed by atoms with Crippen LogP contribution < -0.4 is 4.72 Å². The molecule has 112 valence electrons. The Labute approximate surface area is 118 Å². The molecule has 7 nitrogen and oxygen atoms in total. The number of hydrogen-bond donors (Lipinski definition) is 1. The number of aryl methyl sites for hydroxylation is 1. The standard InChI is InChI=1S/C12H19N3O4S/c1-15-8-10(7-13-15)20(16,17)14-9-2-3-11-12(6-9)19-5-4-18-11/h7-9,11-12,14H,2-6H2,1H3/t9-,11-,12+/m1/s1. The van der Waals surface area contributed by atoms with Gasteiger partial charge in [0.2, 0.25) is 10.0 Å². The minimum atomic E-state index is -3.51. The van der Waals surface area contributed by atoms with Gasteiger partial charge in [0.05, 0.1) is 31.6 Å². The number of ether oxygens (including phenoxy) is 2. The van der Waals surface area contributed by atoms with Crippen LogP contribution in [0.4, 0.5) is 0 Å². The summed E-state index contributed by atoms with van der Waals surface area (Å²) < 4.78 is 40.0. The molecular weight excluding hydrogens is 282 g/mol. The molecule has 8 heteroatoms. The van der Waals surface area contributed by atoms with E-state index >= 15 is 0 Å². The lowest BCUT2D eigenvalue weighted by Crippen LogP contribution is -2.49. The van der Waals surface area contributed by atoms with Crippen LogP contribution in [0.1, 0.15) is 19.3 Å². The van der Waals surface area contributed by atoms with Crippen LogP contribution in [-0.4, -0.2) is 49.7 Å². The van der Waals surface area contributed by atoms with Gasteiger partial charge in [-0.2, -0.15) is 5.10 Å². The Kier molecular flexibility index (Phi) is 3.80. The topological polar surface area (TPSA) is 82.5 Å². The van der Waals surface area contributed by atoms with Gasteiger partial charge in [-0.15, -0.1) is 0 Å². The lowest BCUT2D eigenvalue weighted by atomic mass is 9.90. The van der Waals surface area contributed by atoms with Crippen molar-refractivity contribution in [3.8, 4) is 0 Å². The van der Waals surface area contributed by atoms with Crippen LogP contribution in [-0.2, 0) is 26.5 Å². The van der Waals surface area contributed by atoms with Crippen LogP contribution >= 0.6 is 0 Å². The predicted octanol–water partition coefficient (Wildman–Crippen LogP) is 0.0349. The molecule has 0 spiro atoms. The summed E-state index contributed by atoms with van der Waals surface area (Å²) in [5, 5.41) is 3.89. The first-order chi connectivity index (χ1) is 9.54. The predicted molar refractivity (Wildman–Crippen MR) is 70.6 cm³/mol. The fourth-order valence-electron chi connectivity index (χ4n) is 2.80. The van der Waals surface area contributed by atoms with Crippen molar-refractivity contribution in [3.05, 3.63) is 12.4 Å². The third-order valence-corrected chi connectivity index (χ3v) is 5.27. The van der Waals surface area contributed by atoms with E-state index in [4.69, 9.17) is 9.47 Å². The van der Waals surface area contributed by atoms with E-state index in [2.05, 4.69) is 9.82 Å². The van der Waals surface area contributed by atoms with Gasteiger partial charge in [0.1, 0.15) is 4.90 Å². The quantitative estimate of drug-likeness (QED) is 0.852. The number of nitrogens with one attached hydrogen (secondary N) is 1. The molecule has 1 aliphatic carbocycles. The summed E-state index contributed by atoms with van der Waals surface area (Å²) in [4.78, 5) is 0.197. The minimum absolute atomic E-state index is 0.000835. The zero-order chi connectivity index (χ0) is 14.2. The van der Waals surface area contributed by atoms with Gasteiger partial charge in [0.25, 0.3) is 0 Å². The average Bonchev–Trinajstić information content (AvgIpc) is 2.86. The Balaban J connectivity index is 1.66. The highest BCUT2D eigenvalue weighted by atomic mass is 32.2. The Morgan fingerprint density at radius 1 is 1.30 bits per heavy atom. The molecule has 0 amide bonds. The van der Waals surface area contributed by atoms with Gasteiger partial charge in [-0.3, -0.25) is 4.68 Å². The van der Waals surface area contributed by atoms with Gasteiger partial charge in [-0.1, -0.05) is 0 Å². The Hall–Kier alpha value is -0.960. The highest BCUT2D eigenvalue weighted by Crippen LogP contribution is 2.27. The van der Waals surface area contributed by atoms with Crippen molar-refractivity contribution in [1.82, 2.24) is 14.5 Å². The highest BCUT2D eigenvalue weighted by molar-refractivity contribution is 7.89. The van der Waals surface area contributed by atoms with Crippen molar-refractivity contribution in [2.24, 2.45) is 7.05 Å². The molecule has 2 aliphatic rings. The molecule has 1 N–H and O–H groups in total. The number of sulfonamides is 1. The molecular formula is C12H19N3O4S. The molecule has 0 unspecified atom stereocenters. The summed E-state index contributed by atoms with van der Waals surface area (Å²) in [6.07, 6.45) is 5.21. The van der Waals surface area contributed by atoms with Crippen LogP contribution in [0.5, 0.6) is 0 Å². The van der Waals surface area contributed by atoms with E-state index in [-0.39, 0.29) is 23.1 Å². The van der Waals surface area contributed by atoms with Crippen molar-refractivity contribution in [1.29, 1.82) is 0 Å². The van der Waals surface area contributed by atoms with Crippen molar-refractivity contribution < 1.29 is 17.9 Å². The normalized spacial score (nSPS) is 30.9. The number of nitrogens with zero attached hydrogens (tertiary/aromatic N) is 2. The summed E-state index contributed by atoms with van der Waals surface area (Å²) >= 11 is 0. The largest absolute Gasteiger partial charge is 0.373 e. The summed E-state index contributed by atoms with van der Waals surface area (Å²) in [6.45, 7) is 1.22. The molecule has 0 radical (unpaired) electrons. The van der Waals surface area contributed by atoms with Crippen molar-refractivity contribution in [2.45, 2.75) is 42.4 Å². The molecule has 3 atom stereocenters. The third kappa shape index (κ3) is 2.88. The van der Waals surface area contributed by atoms with Crippen LogP contribution in [0.25, 0.3) is 0 Å². The van der Waals surface area contributed by atoms with E-state index in [9.17, 15) is 8.42 Å². The molecule has 1 saturated carbocycles. The Bertz CT molecular complexity index is 571. The molecule has 2 heterocycles. The Morgan fingerprint density at radius 2 is 2.05 bits per heavy atom. The van der Waals surface area contributed by atoms with Gasteiger partial charge >= 0.3 is 0 Å². The second-order valence-electron chi connectivity index (χ2n) is 5.30. The van der Waals surface area contributed by atoms with E-state index in [0.29, 0.717) is 19.6 Å². The monoisotopic (exact) mass is 301 g/mol. The first kappa shape index (κ1) is 14.0. The average molecular weight is 301 g/mol. The van der Waals surface area contributed by atoms with Gasteiger partial charge in [0, 0.05) is 19.3 Å². The van der Waals surface area contributed by atoms with Crippen LogP contribution in [0.15, 0.2) is 17.3 Å². The molecule has 0 bridgehead atoms. The first-order valence-electron chi connectivity index (χ1n) is 6.79. The maximum Gasteiger partial charge on any atom is 0.243 e. The molecule has 0 aromatic carbocycles. The lowest BCUT2D eigenvalue weighted by Gasteiger charge is -2.38. The lowest BCUT2D eigenvalue weighted by molar-refractivity contribution is -0.156. The van der Waals surface area contributed by atoms with E-state index in [1.807, 2.05) is 0 Å². The van der Waals surface area contributed by atoms with Gasteiger partial charge in [0.15, 0.2) is 0 Å². The fraction of sp³-hybridized carbons (Fsp3) is 0.750. The smallest absolute Gasteiger partial charge is 0.243 e. The van der Waals surface area contributed by atoms with E-state index in [0.717, 1.165) is 12.8 Å². The fourth-order valence-corrected chi connectivity index (χ4v) is 4.06. The SMILES string of the molecule is Cn1cc(S(=O)(=O)N[C@@H]2CC[C@H]3OCCO[C@H]3C2)cn1. The third-order valence-electron chi connectivity index (χ3n) is 3.79. The van der Waals surface area contributed by atoms with Crippen molar-refractivity contribution >= 4 is 10.0 Å². The van der Waals surface area contributed by atoms with Crippen LogP contribution in [0.3, 0.4) is 0 Å². The maximum absolute atomic E-state index is 12.2. The molecule has 1 aromatic rings. The van der Waals surface area contributed by atoms with Gasteiger partial charge in [-0.25, -0.2) is 13.1 Å². The highest BCUT2D eigenvalue weighted by Gasteiger charge is 2.35. The van der Waals surface area contributed by atoms with Crippen LogP contribution in [0.2, 0.25) is 0 Å². The van der Waals surface area contributed by atoms with E-state index in [1.54, 1.807) is 7.05 Å². The van der Waals surface area contributed by atoms with Gasteiger partial charge < -0.3 is 9.47 Å². The molecule has 1 saturated heterocycles. The number of hydrogen-bond acceptors (Lipinski definition) is 5. The van der Waals surface area contributed by atoms with Crippen molar-refractivity contribution in [3.63, 3.8) is 0 Å². The maximum atomic E-state index is 12.2. The second-order valence-corrected chi connectivity index (χ2v) is 7.01. The summed E-state index contributed by atoms with van der Waals surface area (Å²) in [5.74, 6) is 0. The molecule has 1 aliphatic heterocycles. The molecule has 20 heavy (non-hydrogen) atoms. The van der Waals surface area contributed by atoms with Crippen molar-refractivity contribution in [2.75, 3.05) is 13.2 Å². The Morgan fingerprint density at radius 3 is 2.75 bits per heavy atom.